The molecule has 1 aliphatic rings. The van der Waals surface area contributed by atoms with Crippen LogP contribution in [-0.2, 0) is 23.0 Å². The number of aryl methyl sites for hydroxylation is 1. The summed E-state index contributed by atoms with van der Waals surface area (Å²) >= 11 is -0.106. The number of aromatic nitrogens is 2. The maximum atomic E-state index is 4.81. The van der Waals surface area contributed by atoms with Gasteiger partial charge in [-0.25, -0.2) is 4.98 Å². The van der Waals surface area contributed by atoms with Crippen LogP contribution in [-0.4, -0.2) is 9.55 Å². The van der Waals surface area contributed by atoms with Gasteiger partial charge in [0.1, 0.15) is 0 Å². The summed E-state index contributed by atoms with van der Waals surface area (Å²) < 4.78 is 1.89. The molecule has 4 nitrogen and oxygen atoms in total. The molecule has 1 aliphatic heterocycles. The molecule has 0 amide bonds. The Morgan fingerprint density at radius 2 is 1.03 bits per heavy atom. The third kappa shape index (κ3) is 8.62. The third-order valence-electron chi connectivity index (χ3n) is 6.38. The third-order valence-corrected chi connectivity index (χ3v) is 6.38. The van der Waals surface area contributed by atoms with Crippen molar-refractivity contribution in [3.05, 3.63) is 96.4 Å². The zero-order chi connectivity index (χ0) is 28.4. The Labute approximate surface area is 247 Å². The Bertz CT molecular complexity index is 1020. The molecule has 0 bridgehead atoms. The van der Waals surface area contributed by atoms with E-state index in [1.54, 1.807) is 12.5 Å². The van der Waals surface area contributed by atoms with E-state index in [1.165, 1.54) is 33.6 Å². The first kappa shape index (κ1) is 32.4. The first-order chi connectivity index (χ1) is 18.0. The zero-order valence-electron chi connectivity index (χ0n) is 24.0. The van der Waals surface area contributed by atoms with E-state index >= 15 is 0 Å². The van der Waals surface area contributed by atoms with E-state index in [2.05, 4.69) is 126 Å². The summed E-state index contributed by atoms with van der Waals surface area (Å²) in [6.45, 7) is 21.8. The summed E-state index contributed by atoms with van der Waals surface area (Å²) in [5.41, 5.74) is 8.05. The number of hydrogen-bond acceptors (Lipinski definition) is 3. The second kappa shape index (κ2) is 15.7. The van der Waals surface area contributed by atoms with E-state index in [9.17, 15) is 0 Å². The monoisotopic (exact) mass is 646 g/mol. The average Bonchev–Trinajstić information content (AvgIpc) is 3.55. The fourth-order valence-corrected chi connectivity index (χ4v) is 4.47. The second-order valence-electron chi connectivity index (χ2n) is 10.6. The molecule has 1 aromatic heterocycles. The molecule has 0 N–H and O–H groups in total. The molecule has 0 aliphatic carbocycles. The van der Waals surface area contributed by atoms with Crippen LogP contribution < -0.4 is 9.80 Å². The van der Waals surface area contributed by atoms with Crippen molar-refractivity contribution in [3.8, 4) is 0 Å². The van der Waals surface area contributed by atoms with Crippen LogP contribution in [0.1, 0.15) is 101 Å². The Kier molecular flexibility index (Phi) is 13.4. The van der Waals surface area contributed by atoms with Crippen LogP contribution in [0, 0.1) is 6.67 Å². The van der Waals surface area contributed by atoms with E-state index in [4.69, 9.17) is 19.1 Å². The first-order valence-electron chi connectivity index (χ1n) is 13.1. The number of imidazole rings is 1. The maximum absolute atomic E-state index is 4.81. The van der Waals surface area contributed by atoms with Gasteiger partial charge < -0.3 is 14.4 Å². The number of anilines is 2. The fourth-order valence-electron chi connectivity index (χ4n) is 4.47. The molecule has 0 saturated carbocycles. The molecule has 0 saturated heterocycles. The van der Waals surface area contributed by atoms with Gasteiger partial charge in [0, 0.05) is 31.8 Å². The molecule has 2 heterocycles. The van der Waals surface area contributed by atoms with Gasteiger partial charge in [-0.05, 0) is 45.9 Å². The van der Waals surface area contributed by atoms with Gasteiger partial charge in [-0.1, -0.05) is 91.8 Å². The average molecular weight is 648 g/mol. The van der Waals surface area contributed by atoms with Gasteiger partial charge in [-0.15, -0.1) is 0 Å². The van der Waals surface area contributed by atoms with Gasteiger partial charge in [0.05, 0.1) is 17.7 Å². The minimum atomic E-state index is -0.106. The van der Waals surface area contributed by atoms with Crippen LogP contribution in [0.25, 0.3) is 0 Å². The predicted molar refractivity (Wildman–Crippen MR) is 161 cm³/mol. The van der Waals surface area contributed by atoms with Crippen LogP contribution in [0.5, 0.6) is 0 Å². The van der Waals surface area contributed by atoms with Gasteiger partial charge in [-0.2, -0.15) is 0 Å². The summed E-state index contributed by atoms with van der Waals surface area (Å²) in [7, 11) is 11.6. The number of halogens is 2. The van der Waals surface area contributed by atoms with Crippen molar-refractivity contribution < 1.29 is 15.9 Å². The molecule has 7 heteroatoms. The van der Waals surface area contributed by atoms with E-state index < -0.39 is 0 Å². The normalized spacial score (nSPS) is 12.9. The Morgan fingerprint density at radius 3 is 1.24 bits per heavy atom. The van der Waals surface area contributed by atoms with Crippen LogP contribution in [0.3, 0.4) is 0 Å². The summed E-state index contributed by atoms with van der Waals surface area (Å²) in [5, 5.41) is 0. The van der Waals surface area contributed by atoms with Crippen molar-refractivity contribution in [2.45, 2.75) is 79.1 Å². The number of hydrogen-bond donors (Lipinski definition) is 0. The zero-order valence-corrected chi connectivity index (χ0v) is 27.1. The van der Waals surface area contributed by atoms with Gasteiger partial charge >= 0.3 is 35.0 Å². The number of benzene rings is 2. The molecule has 0 atom stereocenters. The summed E-state index contributed by atoms with van der Waals surface area (Å²) in [6.07, 6.45) is 9.71. The van der Waals surface area contributed by atoms with Gasteiger partial charge in [0.2, 0.25) is 6.67 Å². The quantitative estimate of drug-likeness (QED) is 0.249. The molecule has 0 spiro atoms. The Balaban J connectivity index is 0.000000480. The van der Waals surface area contributed by atoms with E-state index in [0.717, 1.165) is 0 Å². The molecule has 0 unspecified atom stereocenters. The van der Waals surface area contributed by atoms with Crippen LogP contribution in [0.2, 0.25) is 0 Å². The van der Waals surface area contributed by atoms with Crippen molar-refractivity contribution >= 4 is 30.4 Å². The van der Waals surface area contributed by atoms with Crippen molar-refractivity contribution in [1.82, 2.24) is 9.55 Å². The SMILES string of the molecule is CC(C)c1cccc(C(C)C)c1N1[C]N(c2c(C(C)C)cccc2C(C)C)C=C1.Cn1ccnc1.[Cl][Pd][Cl]. The predicted octanol–water partition coefficient (Wildman–Crippen LogP) is 9.77. The van der Waals surface area contributed by atoms with Crippen molar-refractivity contribution in [3.63, 3.8) is 0 Å². The summed E-state index contributed by atoms with van der Waals surface area (Å²) in [5.74, 6) is 1.84. The second-order valence-corrected chi connectivity index (χ2v) is 13.0. The van der Waals surface area contributed by atoms with Gasteiger partial charge in [0.25, 0.3) is 0 Å². The molecule has 2 radical (unpaired) electrons. The summed E-state index contributed by atoms with van der Waals surface area (Å²) in [4.78, 5) is 8.19. The number of para-hydroxylation sites is 2. The van der Waals surface area contributed by atoms with Crippen molar-refractivity contribution in [2.24, 2.45) is 7.05 Å². The van der Waals surface area contributed by atoms with E-state index in [1.807, 2.05) is 17.8 Å². The molecular formula is C31H42Cl2N4Pd. The standard InChI is InChI=1S/C27H36N2.C4H6N2.2ClH.Pd/c1-18(2)22-11-9-12-23(19(3)4)26(22)28-15-16-29(17-28)27-24(20(5)6)13-10-14-25(27)21(7)8;1-6-3-2-5-4-6;;;/h9-16,18-21H,1-8H3;2-4H,1H3;2*1H;/q;;;;+2/p-2. The van der Waals surface area contributed by atoms with Crippen LogP contribution in [0.4, 0.5) is 11.4 Å². The molecular weight excluding hydrogens is 606 g/mol. The Morgan fingerprint density at radius 1 is 0.684 bits per heavy atom. The van der Waals surface area contributed by atoms with Crippen molar-refractivity contribution in [1.29, 1.82) is 0 Å². The minimum absolute atomic E-state index is 0.106. The van der Waals surface area contributed by atoms with Crippen LogP contribution >= 0.6 is 19.1 Å². The molecule has 210 valence electrons. The molecule has 4 rings (SSSR count). The number of rotatable bonds is 6. The van der Waals surface area contributed by atoms with E-state index in [0.29, 0.717) is 23.7 Å². The molecule has 2 aromatic carbocycles. The molecule has 38 heavy (non-hydrogen) atoms. The van der Waals surface area contributed by atoms with E-state index in [-0.39, 0.29) is 15.9 Å². The molecule has 0 fully saturated rings. The van der Waals surface area contributed by atoms with Crippen molar-refractivity contribution in [2.75, 3.05) is 9.80 Å². The number of nitrogens with zero attached hydrogens (tertiary/aromatic N) is 4. The topological polar surface area (TPSA) is 24.3 Å². The fraction of sp³-hybridized carbons (Fsp3) is 0.419. The summed E-state index contributed by atoms with van der Waals surface area (Å²) in [6, 6.07) is 13.4. The van der Waals surface area contributed by atoms with Gasteiger partial charge in [-0.3, -0.25) is 0 Å². The molecule has 3 aromatic rings. The first-order valence-corrected chi connectivity index (χ1v) is 17.1. The van der Waals surface area contributed by atoms with Crippen LogP contribution in [0.15, 0.2) is 67.5 Å². The van der Waals surface area contributed by atoms with Gasteiger partial charge in [0.15, 0.2) is 0 Å². The Hall–Kier alpha value is -1.77.